The number of pyridine rings is 1. The van der Waals surface area contributed by atoms with Crippen LogP contribution in [0.5, 0.6) is 0 Å². The number of aliphatic imine (C=N–C) groups is 1. The van der Waals surface area contributed by atoms with Crippen LogP contribution in [0.4, 0.5) is 0 Å². The zero-order valence-corrected chi connectivity index (χ0v) is 20.8. The monoisotopic (exact) mass is 481 g/mol. The molecule has 0 spiro atoms. The van der Waals surface area contributed by atoms with E-state index in [9.17, 15) is 0 Å². The molecule has 8 heteroatoms. The maximum absolute atomic E-state index is 5.89. The highest BCUT2D eigenvalue weighted by Gasteiger charge is 2.13. The number of ether oxygens (including phenoxy) is 1. The SMILES string of the molecule is C=N/C(=C\C=C(/C)OCCN1CCNCC1)c1cnc2c(-c3cccc4nc(C)ccc34)cnn2c1. The lowest BCUT2D eigenvalue weighted by molar-refractivity contribution is 0.149. The van der Waals surface area contributed by atoms with Crippen molar-refractivity contribution in [2.75, 3.05) is 39.3 Å². The minimum absolute atomic E-state index is 0.667. The molecule has 184 valence electrons. The molecule has 4 aromatic rings. The lowest BCUT2D eigenvalue weighted by atomic mass is 10.0. The smallest absolute Gasteiger partial charge is 0.162 e. The van der Waals surface area contributed by atoms with E-state index in [0.717, 1.165) is 77.4 Å². The summed E-state index contributed by atoms with van der Waals surface area (Å²) in [5.74, 6) is 0.835. The highest BCUT2D eigenvalue weighted by atomic mass is 16.5. The summed E-state index contributed by atoms with van der Waals surface area (Å²) in [6.45, 7) is 13.5. The first-order valence-electron chi connectivity index (χ1n) is 12.2. The Morgan fingerprint density at radius 1 is 1.14 bits per heavy atom. The fourth-order valence-corrected chi connectivity index (χ4v) is 4.44. The Morgan fingerprint density at radius 2 is 2.00 bits per heavy atom. The predicted molar refractivity (Wildman–Crippen MR) is 145 cm³/mol. The van der Waals surface area contributed by atoms with Crippen LogP contribution in [0.2, 0.25) is 0 Å². The van der Waals surface area contributed by atoms with Crippen molar-refractivity contribution in [3.8, 4) is 11.1 Å². The van der Waals surface area contributed by atoms with E-state index >= 15 is 0 Å². The topological polar surface area (TPSA) is 79.9 Å². The molecular formula is C28H31N7O. The van der Waals surface area contributed by atoms with Crippen LogP contribution in [0, 0.1) is 6.92 Å². The van der Waals surface area contributed by atoms with Gasteiger partial charge in [-0.15, -0.1) is 0 Å². The van der Waals surface area contributed by atoms with E-state index in [2.05, 4.69) is 44.1 Å². The van der Waals surface area contributed by atoms with Crippen molar-refractivity contribution >= 4 is 29.0 Å². The van der Waals surface area contributed by atoms with Crippen LogP contribution in [-0.4, -0.2) is 70.5 Å². The highest BCUT2D eigenvalue weighted by Crippen LogP contribution is 2.30. The van der Waals surface area contributed by atoms with Gasteiger partial charge in [0.1, 0.15) is 6.61 Å². The molecule has 3 aromatic heterocycles. The molecule has 1 aliphatic heterocycles. The molecule has 36 heavy (non-hydrogen) atoms. The van der Waals surface area contributed by atoms with Gasteiger partial charge in [-0.2, -0.15) is 5.10 Å². The van der Waals surface area contributed by atoms with E-state index in [1.54, 1.807) is 4.52 Å². The van der Waals surface area contributed by atoms with Gasteiger partial charge in [0.05, 0.1) is 23.2 Å². The molecule has 8 nitrogen and oxygen atoms in total. The number of fused-ring (bicyclic) bond motifs is 2. The molecule has 1 N–H and O–H groups in total. The zero-order valence-electron chi connectivity index (χ0n) is 20.8. The Hall–Kier alpha value is -3.88. The molecule has 0 unspecified atom stereocenters. The number of benzene rings is 1. The van der Waals surface area contributed by atoms with Crippen LogP contribution in [0.15, 0.2) is 71.8 Å². The number of allylic oxidation sites excluding steroid dienone is 3. The predicted octanol–water partition coefficient (Wildman–Crippen LogP) is 4.12. The van der Waals surface area contributed by atoms with Gasteiger partial charge < -0.3 is 10.1 Å². The third-order valence-corrected chi connectivity index (χ3v) is 6.41. The second kappa shape index (κ2) is 10.8. The Bertz CT molecular complexity index is 1450. The normalized spacial score (nSPS) is 15.5. The molecule has 1 fully saturated rings. The van der Waals surface area contributed by atoms with Crippen molar-refractivity contribution in [2.45, 2.75) is 13.8 Å². The van der Waals surface area contributed by atoms with Crippen molar-refractivity contribution in [1.29, 1.82) is 0 Å². The van der Waals surface area contributed by atoms with Crippen LogP contribution in [0.25, 0.3) is 33.4 Å². The molecule has 1 aliphatic rings. The zero-order chi connectivity index (χ0) is 24.9. The van der Waals surface area contributed by atoms with Gasteiger partial charge in [-0.25, -0.2) is 9.50 Å². The van der Waals surface area contributed by atoms with Gasteiger partial charge in [0, 0.05) is 67.3 Å². The average Bonchev–Trinajstić information content (AvgIpc) is 3.32. The van der Waals surface area contributed by atoms with E-state index in [-0.39, 0.29) is 0 Å². The first-order valence-corrected chi connectivity index (χ1v) is 12.2. The Balaban J connectivity index is 1.34. The lowest BCUT2D eigenvalue weighted by Crippen LogP contribution is -2.44. The average molecular weight is 482 g/mol. The first kappa shape index (κ1) is 23.8. The summed E-state index contributed by atoms with van der Waals surface area (Å²) >= 11 is 0. The quantitative estimate of drug-likeness (QED) is 0.232. The second-order valence-corrected chi connectivity index (χ2v) is 8.92. The lowest BCUT2D eigenvalue weighted by Gasteiger charge is -2.26. The van der Waals surface area contributed by atoms with Crippen LogP contribution in [-0.2, 0) is 4.74 Å². The summed E-state index contributed by atoms with van der Waals surface area (Å²) < 4.78 is 7.68. The fraction of sp³-hybridized carbons (Fsp3) is 0.286. The van der Waals surface area contributed by atoms with Crippen molar-refractivity contribution in [1.82, 2.24) is 29.8 Å². The molecule has 0 atom stereocenters. The highest BCUT2D eigenvalue weighted by molar-refractivity contribution is 5.98. The van der Waals surface area contributed by atoms with E-state index in [1.165, 1.54) is 0 Å². The van der Waals surface area contributed by atoms with E-state index in [4.69, 9.17) is 9.72 Å². The fourth-order valence-electron chi connectivity index (χ4n) is 4.44. The van der Waals surface area contributed by atoms with Crippen molar-refractivity contribution in [2.24, 2.45) is 4.99 Å². The van der Waals surface area contributed by atoms with Gasteiger partial charge >= 0.3 is 0 Å². The molecule has 0 saturated carbocycles. The Morgan fingerprint density at radius 3 is 2.83 bits per heavy atom. The minimum Gasteiger partial charge on any atom is -0.497 e. The first-order chi connectivity index (χ1) is 17.6. The van der Waals surface area contributed by atoms with E-state index in [0.29, 0.717) is 12.3 Å². The van der Waals surface area contributed by atoms with Crippen molar-refractivity contribution in [3.05, 3.63) is 78.1 Å². The Kier molecular flexibility index (Phi) is 7.16. The van der Waals surface area contributed by atoms with Gasteiger partial charge in [-0.1, -0.05) is 18.2 Å². The maximum atomic E-state index is 5.89. The molecule has 5 rings (SSSR count). The number of aryl methyl sites for hydroxylation is 1. The summed E-state index contributed by atoms with van der Waals surface area (Å²) in [5, 5.41) is 9.02. The molecule has 0 bridgehead atoms. The number of hydrogen-bond donors (Lipinski definition) is 1. The third-order valence-electron chi connectivity index (χ3n) is 6.41. The van der Waals surface area contributed by atoms with Crippen LogP contribution in [0.3, 0.4) is 0 Å². The van der Waals surface area contributed by atoms with Gasteiger partial charge in [-0.05, 0) is 50.4 Å². The van der Waals surface area contributed by atoms with E-state index in [1.807, 2.05) is 62.8 Å². The van der Waals surface area contributed by atoms with Crippen LogP contribution in [0.1, 0.15) is 18.2 Å². The second-order valence-electron chi connectivity index (χ2n) is 8.92. The molecule has 0 amide bonds. The number of nitrogens with one attached hydrogen (secondary N) is 1. The molecule has 0 radical (unpaired) electrons. The summed E-state index contributed by atoms with van der Waals surface area (Å²) in [6, 6.07) is 10.3. The number of nitrogens with zero attached hydrogens (tertiary/aromatic N) is 6. The van der Waals surface area contributed by atoms with Gasteiger partial charge in [0.15, 0.2) is 5.65 Å². The third kappa shape index (κ3) is 5.19. The van der Waals surface area contributed by atoms with Gasteiger partial charge in [0.25, 0.3) is 0 Å². The summed E-state index contributed by atoms with van der Waals surface area (Å²) in [6.07, 6.45) is 9.41. The maximum Gasteiger partial charge on any atom is 0.162 e. The summed E-state index contributed by atoms with van der Waals surface area (Å²) in [7, 11) is 0. The molecule has 1 saturated heterocycles. The summed E-state index contributed by atoms with van der Waals surface area (Å²) in [5.41, 5.74) is 6.28. The number of hydrogen-bond acceptors (Lipinski definition) is 7. The molecule has 4 heterocycles. The summed E-state index contributed by atoms with van der Waals surface area (Å²) in [4.78, 5) is 16.0. The van der Waals surface area contributed by atoms with E-state index < -0.39 is 0 Å². The largest absolute Gasteiger partial charge is 0.497 e. The van der Waals surface area contributed by atoms with Crippen molar-refractivity contribution < 1.29 is 4.74 Å². The van der Waals surface area contributed by atoms with Gasteiger partial charge in [-0.3, -0.25) is 14.9 Å². The number of rotatable bonds is 8. The molecule has 0 aliphatic carbocycles. The van der Waals surface area contributed by atoms with Crippen LogP contribution >= 0.6 is 0 Å². The Labute approximate surface area is 211 Å². The molecule has 1 aromatic carbocycles. The number of aromatic nitrogens is 4. The molecular weight excluding hydrogens is 450 g/mol. The number of piperazine rings is 1. The minimum atomic E-state index is 0.667. The van der Waals surface area contributed by atoms with Crippen LogP contribution < -0.4 is 5.32 Å². The van der Waals surface area contributed by atoms with Gasteiger partial charge in [0.2, 0.25) is 0 Å². The standard InChI is InChI=1S/C28H31N7O/c1-20-7-9-24-23(5-4-6-27(24)33-20)25-18-32-35-19-22(17-31-28(25)35)26(29-3)10-8-21(2)36-16-15-34-13-11-30-12-14-34/h4-10,17-19,30H,3,11-16H2,1-2H3/b21-8+,26-10-. The van der Waals surface area contributed by atoms with Crippen molar-refractivity contribution in [3.63, 3.8) is 0 Å².